The van der Waals surface area contributed by atoms with Gasteiger partial charge in [0.15, 0.2) is 0 Å². The Bertz CT molecular complexity index is 991. The number of carbonyl (C=O) groups is 1. The summed E-state index contributed by atoms with van der Waals surface area (Å²) in [5.41, 5.74) is 6.23. The van der Waals surface area contributed by atoms with Crippen molar-refractivity contribution in [3.63, 3.8) is 0 Å². The number of carbonyl (C=O) groups excluding carboxylic acids is 1. The normalized spacial score (nSPS) is 13.1. The van der Waals surface area contributed by atoms with Gasteiger partial charge in [0.1, 0.15) is 11.5 Å². The van der Waals surface area contributed by atoms with Gasteiger partial charge in [0.2, 0.25) is 0 Å². The fourth-order valence-electron chi connectivity index (χ4n) is 3.87. The maximum atomic E-state index is 12.8. The molecule has 3 aromatic rings. The lowest BCUT2D eigenvalue weighted by molar-refractivity contribution is 0.102. The third-order valence-electron chi connectivity index (χ3n) is 5.56. The first-order valence-electron chi connectivity index (χ1n) is 10.3. The number of anilines is 2. The molecule has 29 heavy (non-hydrogen) atoms. The summed E-state index contributed by atoms with van der Waals surface area (Å²) in [6.45, 7) is 5.91. The second-order valence-corrected chi connectivity index (χ2v) is 7.31. The van der Waals surface area contributed by atoms with E-state index in [0.717, 1.165) is 55.0 Å². The Labute approximate surface area is 171 Å². The van der Waals surface area contributed by atoms with E-state index in [2.05, 4.69) is 70.4 Å². The molecule has 0 bridgehead atoms. The number of nitrogens with zero attached hydrogens (tertiary/aromatic N) is 3. The van der Waals surface area contributed by atoms with E-state index < -0.39 is 0 Å². The van der Waals surface area contributed by atoms with Crippen molar-refractivity contribution >= 4 is 17.4 Å². The van der Waals surface area contributed by atoms with E-state index in [1.807, 2.05) is 6.07 Å². The topological polar surface area (TPSA) is 58.1 Å². The van der Waals surface area contributed by atoms with Crippen LogP contribution in [0.5, 0.6) is 0 Å². The lowest BCUT2D eigenvalue weighted by atomic mass is 10.0. The van der Waals surface area contributed by atoms with Crippen molar-refractivity contribution in [3.8, 4) is 0 Å². The highest BCUT2D eigenvalue weighted by Crippen LogP contribution is 2.24. The molecule has 5 nitrogen and oxygen atoms in total. The molecule has 0 spiro atoms. The largest absolute Gasteiger partial charge is 0.351 e. The molecule has 0 atom stereocenters. The van der Waals surface area contributed by atoms with Crippen molar-refractivity contribution in [1.82, 2.24) is 9.97 Å². The molecular weight excluding hydrogens is 360 g/mol. The lowest BCUT2D eigenvalue weighted by Gasteiger charge is -2.29. The minimum absolute atomic E-state index is 0.219. The van der Waals surface area contributed by atoms with Gasteiger partial charge in [-0.3, -0.25) is 4.79 Å². The number of hydrogen-bond donors (Lipinski definition) is 1. The summed E-state index contributed by atoms with van der Waals surface area (Å²) < 4.78 is 0. The van der Waals surface area contributed by atoms with Crippen LogP contribution in [-0.2, 0) is 25.8 Å². The molecule has 0 radical (unpaired) electrons. The third kappa shape index (κ3) is 3.99. The van der Waals surface area contributed by atoms with E-state index in [0.29, 0.717) is 5.69 Å². The summed E-state index contributed by atoms with van der Waals surface area (Å²) in [4.78, 5) is 23.9. The Hall–Kier alpha value is -3.21. The Morgan fingerprint density at radius 3 is 2.34 bits per heavy atom. The SMILES string of the molecule is CCc1cccc(CC)c1NC(=O)c1cnc(N2CCc3ccccc3C2)cn1. The predicted octanol–water partition coefficient (Wildman–Crippen LogP) is 4.42. The highest BCUT2D eigenvalue weighted by atomic mass is 16.1. The molecule has 0 fully saturated rings. The third-order valence-corrected chi connectivity index (χ3v) is 5.56. The molecule has 148 valence electrons. The molecule has 0 saturated heterocycles. The van der Waals surface area contributed by atoms with E-state index >= 15 is 0 Å². The van der Waals surface area contributed by atoms with Crippen LogP contribution >= 0.6 is 0 Å². The molecule has 0 aliphatic carbocycles. The second kappa shape index (κ2) is 8.43. The first-order valence-corrected chi connectivity index (χ1v) is 10.3. The number of aryl methyl sites for hydroxylation is 2. The number of para-hydroxylation sites is 1. The second-order valence-electron chi connectivity index (χ2n) is 7.31. The van der Waals surface area contributed by atoms with Crippen LogP contribution in [0, 0.1) is 0 Å². The Balaban J connectivity index is 1.50. The Morgan fingerprint density at radius 2 is 1.69 bits per heavy atom. The van der Waals surface area contributed by atoms with Crippen LogP contribution in [0.3, 0.4) is 0 Å². The number of benzene rings is 2. The molecule has 2 aromatic carbocycles. The molecule has 0 unspecified atom stereocenters. The zero-order valence-corrected chi connectivity index (χ0v) is 17.0. The molecule has 4 rings (SSSR count). The molecule has 5 heteroatoms. The fraction of sp³-hybridized carbons (Fsp3) is 0.292. The average Bonchev–Trinajstić information content (AvgIpc) is 2.79. The smallest absolute Gasteiger partial charge is 0.275 e. The molecule has 1 amide bonds. The molecule has 1 N–H and O–H groups in total. The monoisotopic (exact) mass is 386 g/mol. The van der Waals surface area contributed by atoms with Gasteiger partial charge in [-0.05, 0) is 41.5 Å². The Morgan fingerprint density at radius 1 is 0.966 bits per heavy atom. The maximum Gasteiger partial charge on any atom is 0.275 e. The first kappa shape index (κ1) is 19.1. The molecular formula is C24H26N4O. The van der Waals surface area contributed by atoms with Crippen LogP contribution in [0.2, 0.25) is 0 Å². The number of rotatable bonds is 5. The number of aromatic nitrogens is 2. The molecule has 1 aliphatic rings. The van der Waals surface area contributed by atoms with Gasteiger partial charge in [0.25, 0.3) is 5.91 Å². The van der Waals surface area contributed by atoms with Crippen LogP contribution < -0.4 is 10.2 Å². The van der Waals surface area contributed by atoms with E-state index in [-0.39, 0.29) is 5.91 Å². The maximum absolute atomic E-state index is 12.8. The van der Waals surface area contributed by atoms with Crippen molar-refractivity contribution in [1.29, 1.82) is 0 Å². The number of hydrogen-bond acceptors (Lipinski definition) is 4. The van der Waals surface area contributed by atoms with Gasteiger partial charge in [0, 0.05) is 18.8 Å². The lowest BCUT2D eigenvalue weighted by Crippen LogP contribution is -2.31. The van der Waals surface area contributed by atoms with E-state index in [9.17, 15) is 4.79 Å². The number of fused-ring (bicyclic) bond motifs is 1. The van der Waals surface area contributed by atoms with Crippen LogP contribution in [0.15, 0.2) is 54.9 Å². The minimum atomic E-state index is -0.219. The van der Waals surface area contributed by atoms with Crippen LogP contribution in [0.25, 0.3) is 0 Å². The summed E-state index contributed by atoms with van der Waals surface area (Å²) in [6, 6.07) is 14.6. The molecule has 0 saturated carbocycles. The van der Waals surface area contributed by atoms with Crippen molar-refractivity contribution in [2.24, 2.45) is 0 Å². The van der Waals surface area contributed by atoms with Crippen LogP contribution in [0.4, 0.5) is 11.5 Å². The zero-order chi connectivity index (χ0) is 20.2. The van der Waals surface area contributed by atoms with Crippen molar-refractivity contribution in [2.75, 3.05) is 16.8 Å². The highest BCUT2D eigenvalue weighted by Gasteiger charge is 2.18. The summed E-state index contributed by atoms with van der Waals surface area (Å²) in [7, 11) is 0. The van der Waals surface area contributed by atoms with E-state index in [4.69, 9.17) is 0 Å². The molecule has 1 aromatic heterocycles. The first-order chi connectivity index (χ1) is 14.2. The minimum Gasteiger partial charge on any atom is -0.351 e. The zero-order valence-electron chi connectivity index (χ0n) is 17.0. The summed E-state index contributed by atoms with van der Waals surface area (Å²) >= 11 is 0. The number of nitrogens with one attached hydrogen (secondary N) is 1. The van der Waals surface area contributed by atoms with E-state index in [1.54, 1.807) is 12.4 Å². The van der Waals surface area contributed by atoms with E-state index in [1.165, 1.54) is 11.1 Å². The van der Waals surface area contributed by atoms with Crippen molar-refractivity contribution < 1.29 is 4.79 Å². The van der Waals surface area contributed by atoms with Gasteiger partial charge in [-0.1, -0.05) is 56.3 Å². The number of amides is 1. The highest BCUT2D eigenvalue weighted by molar-refractivity contribution is 6.03. The fourth-order valence-corrected chi connectivity index (χ4v) is 3.87. The summed E-state index contributed by atoms with van der Waals surface area (Å²) in [5, 5.41) is 3.05. The van der Waals surface area contributed by atoms with Gasteiger partial charge >= 0.3 is 0 Å². The van der Waals surface area contributed by atoms with Crippen molar-refractivity contribution in [2.45, 2.75) is 39.7 Å². The van der Waals surface area contributed by atoms with Crippen molar-refractivity contribution in [3.05, 3.63) is 82.8 Å². The molecule has 2 heterocycles. The Kier molecular flexibility index (Phi) is 5.56. The quantitative estimate of drug-likeness (QED) is 0.705. The summed E-state index contributed by atoms with van der Waals surface area (Å²) in [6.07, 6.45) is 6.00. The van der Waals surface area contributed by atoms with Crippen LogP contribution in [-0.4, -0.2) is 22.4 Å². The van der Waals surface area contributed by atoms with Gasteiger partial charge < -0.3 is 10.2 Å². The van der Waals surface area contributed by atoms with Gasteiger partial charge in [-0.2, -0.15) is 0 Å². The summed E-state index contributed by atoms with van der Waals surface area (Å²) in [5.74, 6) is 0.586. The van der Waals surface area contributed by atoms with Gasteiger partial charge in [-0.25, -0.2) is 9.97 Å². The average molecular weight is 386 g/mol. The predicted molar refractivity (Wildman–Crippen MR) is 116 cm³/mol. The van der Waals surface area contributed by atoms with Gasteiger partial charge in [0.05, 0.1) is 12.4 Å². The van der Waals surface area contributed by atoms with Crippen LogP contribution in [0.1, 0.15) is 46.6 Å². The standard InChI is InChI=1S/C24H26N4O/c1-3-17-10-7-11-18(4-2)23(17)27-24(29)21-14-26-22(15-25-21)28-13-12-19-8-5-6-9-20(19)16-28/h5-11,14-15H,3-4,12-13,16H2,1-2H3,(H,27,29). The molecule has 1 aliphatic heterocycles. The van der Waals surface area contributed by atoms with Gasteiger partial charge in [-0.15, -0.1) is 0 Å².